The van der Waals surface area contributed by atoms with Gasteiger partial charge in [0.05, 0.1) is 17.1 Å². The summed E-state index contributed by atoms with van der Waals surface area (Å²) < 4.78 is 0. The van der Waals surface area contributed by atoms with Crippen molar-refractivity contribution in [2.45, 2.75) is 66.2 Å². The molecule has 0 atom stereocenters. The van der Waals surface area contributed by atoms with E-state index in [1.807, 2.05) is 0 Å². The van der Waals surface area contributed by atoms with Gasteiger partial charge in [0.15, 0.2) is 0 Å². The van der Waals surface area contributed by atoms with Gasteiger partial charge in [-0.1, -0.05) is 135 Å². The lowest BCUT2D eigenvalue weighted by molar-refractivity contribution is 0.630. The predicted octanol–water partition coefficient (Wildman–Crippen LogP) is 11.8. The standard InChI is InChI=1S/C52H46BN3/c1-31-19-21-44-38(23-31)51(5,6)40-25-33(3)27-42-49(40)55(44)46-29-37(54(35-15-11-9-12-16-35)36-17-13-10-14-18-36)30-47-48(46)53(42)43-28-34(4)26-41-50(43)56(47)45-22-20-32(2)24-39(45)52(41,7)8/h9-30H,1-8H3. The summed E-state index contributed by atoms with van der Waals surface area (Å²) in [5, 5.41) is 0. The lowest BCUT2D eigenvalue weighted by Crippen LogP contribution is -2.63. The number of anilines is 9. The third kappa shape index (κ3) is 4.36. The van der Waals surface area contributed by atoms with Crippen molar-refractivity contribution in [1.29, 1.82) is 0 Å². The number of benzene rings is 7. The highest BCUT2D eigenvalue weighted by Crippen LogP contribution is 2.58. The zero-order valence-corrected chi connectivity index (χ0v) is 33.6. The first kappa shape index (κ1) is 33.4. The van der Waals surface area contributed by atoms with Crippen LogP contribution in [0.3, 0.4) is 0 Å². The summed E-state index contributed by atoms with van der Waals surface area (Å²) in [5.74, 6) is 0. The average molecular weight is 724 g/mol. The van der Waals surface area contributed by atoms with Crippen LogP contribution in [0.15, 0.2) is 133 Å². The third-order valence-electron chi connectivity index (χ3n) is 13.3. The van der Waals surface area contributed by atoms with E-state index >= 15 is 0 Å². The molecule has 0 bridgehead atoms. The Kier molecular flexibility index (Phi) is 6.73. The van der Waals surface area contributed by atoms with Gasteiger partial charge < -0.3 is 14.7 Å². The van der Waals surface area contributed by atoms with Crippen molar-refractivity contribution in [3.8, 4) is 0 Å². The Bertz CT molecular complexity index is 2630. The molecule has 0 N–H and O–H groups in total. The first-order chi connectivity index (χ1) is 26.9. The largest absolute Gasteiger partial charge is 0.311 e. The molecule has 3 nitrogen and oxygen atoms in total. The topological polar surface area (TPSA) is 9.72 Å². The zero-order chi connectivity index (χ0) is 38.4. The van der Waals surface area contributed by atoms with Crippen molar-refractivity contribution in [3.63, 3.8) is 0 Å². The lowest BCUT2D eigenvalue weighted by Gasteiger charge is -2.52. The normalized spacial score (nSPS) is 15.7. The summed E-state index contributed by atoms with van der Waals surface area (Å²) in [7, 11) is 0. The summed E-state index contributed by atoms with van der Waals surface area (Å²) in [6.07, 6.45) is 0. The fourth-order valence-corrected chi connectivity index (χ4v) is 10.7. The molecule has 0 radical (unpaired) electrons. The molecule has 0 spiro atoms. The summed E-state index contributed by atoms with van der Waals surface area (Å²) in [6.45, 7) is 18.8. The van der Waals surface area contributed by atoms with Crippen LogP contribution in [-0.4, -0.2) is 6.71 Å². The molecule has 4 heterocycles. The molecule has 7 aromatic carbocycles. The highest BCUT2D eigenvalue weighted by molar-refractivity contribution is 7.00. The molecule has 0 fully saturated rings. The van der Waals surface area contributed by atoms with Gasteiger partial charge in [-0.15, -0.1) is 0 Å². The maximum absolute atomic E-state index is 2.64. The molecule has 4 heteroatoms. The van der Waals surface area contributed by atoms with Gasteiger partial charge in [0.1, 0.15) is 0 Å². The van der Waals surface area contributed by atoms with Crippen LogP contribution in [-0.2, 0) is 10.8 Å². The molecule has 0 aliphatic carbocycles. The first-order valence-corrected chi connectivity index (χ1v) is 20.1. The molecule has 0 saturated heterocycles. The molecule has 0 aromatic heterocycles. The monoisotopic (exact) mass is 723 g/mol. The van der Waals surface area contributed by atoms with E-state index in [0.29, 0.717) is 0 Å². The van der Waals surface area contributed by atoms with Crippen LogP contribution in [0.4, 0.5) is 51.2 Å². The third-order valence-corrected chi connectivity index (χ3v) is 13.3. The molecule has 4 aliphatic rings. The van der Waals surface area contributed by atoms with Gasteiger partial charge in [-0.2, -0.15) is 0 Å². The fraction of sp³-hybridized carbons (Fsp3) is 0.192. The summed E-state index contributed by atoms with van der Waals surface area (Å²) in [6, 6.07) is 50.9. The molecule has 4 aliphatic heterocycles. The molecule has 0 amide bonds. The van der Waals surface area contributed by atoms with Crippen LogP contribution in [0.2, 0.25) is 0 Å². The highest BCUT2D eigenvalue weighted by Gasteiger charge is 2.51. The van der Waals surface area contributed by atoms with E-state index in [-0.39, 0.29) is 17.5 Å². The Morgan fingerprint density at radius 3 is 1.25 bits per heavy atom. The quantitative estimate of drug-likeness (QED) is 0.168. The average Bonchev–Trinajstić information content (AvgIpc) is 3.18. The highest BCUT2D eigenvalue weighted by atomic mass is 15.2. The van der Waals surface area contributed by atoms with Crippen molar-refractivity contribution < 1.29 is 0 Å². The van der Waals surface area contributed by atoms with Crippen LogP contribution in [0.5, 0.6) is 0 Å². The predicted molar refractivity (Wildman–Crippen MR) is 238 cm³/mol. The van der Waals surface area contributed by atoms with Crippen LogP contribution < -0.4 is 31.1 Å². The molecular formula is C52H46BN3. The van der Waals surface area contributed by atoms with Crippen LogP contribution in [0, 0.1) is 27.7 Å². The van der Waals surface area contributed by atoms with Crippen LogP contribution >= 0.6 is 0 Å². The molecular weight excluding hydrogens is 677 g/mol. The first-order valence-electron chi connectivity index (χ1n) is 20.1. The van der Waals surface area contributed by atoms with Gasteiger partial charge in [0.2, 0.25) is 0 Å². The van der Waals surface area contributed by atoms with Gasteiger partial charge in [-0.05, 0) is 115 Å². The van der Waals surface area contributed by atoms with Gasteiger partial charge in [0, 0.05) is 45.0 Å². The smallest absolute Gasteiger partial charge is 0.252 e. The minimum atomic E-state index is -0.183. The van der Waals surface area contributed by atoms with Crippen molar-refractivity contribution in [1.82, 2.24) is 0 Å². The zero-order valence-electron chi connectivity index (χ0n) is 33.6. The minimum Gasteiger partial charge on any atom is -0.311 e. The number of aryl methyl sites for hydroxylation is 4. The van der Waals surface area contributed by atoms with Gasteiger partial charge in [-0.25, -0.2) is 0 Å². The van der Waals surface area contributed by atoms with Gasteiger partial charge >= 0.3 is 0 Å². The summed E-state index contributed by atoms with van der Waals surface area (Å²) in [4.78, 5) is 7.72. The van der Waals surface area contributed by atoms with E-state index in [9.17, 15) is 0 Å². The second-order valence-corrected chi connectivity index (χ2v) is 17.8. The minimum absolute atomic E-state index is 0.0661. The van der Waals surface area contributed by atoms with Crippen molar-refractivity contribution in [2.24, 2.45) is 0 Å². The summed E-state index contributed by atoms with van der Waals surface area (Å²) >= 11 is 0. The number of hydrogen-bond acceptors (Lipinski definition) is 3. The second-order valence-electron chi connectivity index (χ2n) is 17.8. The van der Waals surface area contributed by atoms with Gasteiger partial charge in [0.25, 0.3) is 6.71 Å². The van der Waals surface area contributed by atoms with Crippen molar-refractivity contribution in [2.75, 3.05) is 14.7 Å². The molecule has 11 rings (SSSR count). The van der Waals surface area contributed by atoms with Crippen LogP contribution in [0.1, 0.15) is 72.2 Å². The second kappa shape index (κ2) is 11.3. The Balaban J connectivity index is 1.33. The van der Waals surface area contributed by atoms with Crippen molar-refractivity contribution in [3.05, 3.63) is 178 Å². The lowest BCUT2D eigenvalue weighted by atomic mass is 9.32. The number of hydrogen-bond donors (Lipinski definition) is 0. The maximum atomic E-state index is 2.64. The number of fused-ring (bicyclic) bond motifs is 8. The molecule has 7 aromatic rings. The van der Waals surface area contributed by atoms with Gasteiger partial charge in [-0.3, -0.25) is 0 Å². The molecule has 0 unspecified atom stereocenters. The van der Waals surface area contributed by atoms with E-state index in [1.54, 1.807) is 0 Å². The van der Waals surface area contributed by atoms with Crippen molar-refractivity contribution >= 4 is 74.3 Å². The molecule has 56 heavy (non-hydrogen) atoms. The van der Waals surface area contributed by atoms with E-state index < -0.39 is 0 Å². The summed E-state index contributed by atoms with van der Waals surface area (Å²) in [5.41, 5.74) is 25.7. The molecule has 0 saturated carbocycles. The Morgan fingerprint density at radius 2 is 0.821 bits per heavy atom. The van der Waals surface area contributed by atoms with E-state index in [1.165, 1.54) is 95.0 Å². The van der Waals surface area contributed by atoms with E-state index in [4.69, 9.17) is 0 Å². The van der Waals surface area contributed by atoms with E-state index in [2.05, 4.69) is 204 Å². The Labute approximate surface area is 332 Å². The van der Waals surface area contributed by atoms with E-state index in [0.717, 1.165) is 17.1 Å². The number of nitrogens with zero attached hydrogens (tertiary/aromatic N) is 3. The SMILES string of the molecule is Cc1ccc2c(c1)C(C)(C)c1cc(C)cc3c1N2c1cc(N(c2ccccc2)c2ccccc2)cc2c1B3c1cc(C)cc3c1N2c1ccc(C)cc1C3(C)C. The number of rotatable bonds is 3. The van der Waals surface area contributed by atoms with Crippen LogP contribution in [0.25, 0.3) is 0 Å². The fourth-order valence-electron chi connectivity index (χ4n) is 10.7. The Morgan fingerprint density at radius 1 is 0.411 bits per heavy atom. The number of para-hydroxylation sites is 2. The maximum Gasteiger partial charge on any atom is 0.252 e. The molecule has 272 valence electrons. The Hall–Kier alpha value is -6.00.